The van der Waals surface area contributed by atoms with Crippen LogP contribution < -0.4 is 4.90 Å². The number of aryl methyl sites for hydroxylation is 2. The molecule has 0 bridgehead atoms. The minimum Gasteiger partial charge on any atom is -0.330 e. The fourth-order valence-corrected chi connectivity index (χ4v) is 1.96. The van der Waals surface area contributed by atoms with Gasteiger partial charge in [-0.25, -0.2) is 9.79 Å². The van der Waals surface area contributed by atoms with Gasteiger partial charge in [-0.05, 0) is 49.2 Å². The van der Waals surface area contributed by atoms with Crippen LogP contribution in [-0.2, 0) is 0 Å². The van der Waals surface area contributed by atoms with Crippen molar-refractivity contribution in [3.63, 3.8) is 0 Å². The summed E-state index contributed by atoms with van der Waals surface area (Å²) in [6.45, 7) is 4.11. The van der Waals surface area contributed by atoms with Crippen molar-refractivity contribution >= 4 is 23.7 Å². The van der Waals surface area contributed by atoms with Gasteiger partial charge in [-0.3, -0.25) is 4.90 Å². The highest BCUT2D eigenvalue weighted by Gasteiger charge is 2.15. The lowest BCUT2D eigenvalue weighted by Gasteiger charge is -2.22. The lowest BCUT2D eigenvalue weighted by Crippen LogP contribution is -2.38. The van der Waals surface area contributed by atoms with Gasteiger partial charge in [0, 0.05) is 14.1 Å². The van der Waals surface area contributed by atoms with Crippen molar-refractivity contribution in [3.8, 4) is 0 Å². The Morgan fingerprint density at radius 2 is 1.68 bits per heavy atom. The second-order valence-electron chi connectivity index (χ2n) is 5.40. The molecule has 0 radical (unpaired) electrons. The van der Waals surface area contributed by atoms with Crippen LogP contribution >= 0.6 is 0 Å². The van der Waals surface area contributed by atoms with Crippen molar-refractivity contribution in [2.75, 3.05) is 19.0 Å². The molecule has 114 valence electrons. The van der Waals surface area contributed by atoms with E-state index in [0.717, 1.165) is 11.4 Å². The molecule has 0 aliphatic heterocycles. The van der Waals surface area contributed by atoms with Gasteiger partial charge < -0.3 is 4.90 Å². The first-order valence-corrected chi connectivity index (χ1v) is 7.16. The van der Waals surface area contributed by atoms with E-state index >= 15 is 0 Å². The quantitative estimate of drug-likeness (QED) is 0.619. The third-order valence-electron chi connectivity index (χ3n) is 3.44. The summed E-state index contributed by atoms with van der Waals surface area (Å²) in [5.41, 5.74) is 4.02. The SMILES string of the molecule is Cc1ccc(N=CN(C(=O)N(C)C)c2ccccc2)cc1C. The van der Waals surface area contributed by atoms with Gasteiger partial charge in [0.2, 0.25) is 0 Å². The maximum atomic E-state index is 12.3. The van der Waals surface area contributed by atoms with E-state index in [1.807, 2.05) is 55.5 Å². The van der Waals surface area contributed by atoms with Gasteiger partial charge in [-0.15, -0.1) is 0 Å². The number of rotatable bonds is 3. The van der Waals surface area contributed by atoms with Crippen molar-refractivity contribution in [2.45, 2.75) is 13.8 Å². The molecule has 2 aromatic rings. The summed E-state index contributed by atoms with van der Waals surface area (Å²) in [4.78, 5) is 19.9. The average molecular weight is 295 g/mol. The highest BCUT2D eigenvalue weighted by molar-refractivity contribution is 6.07. The van der Waals surface area contributed by atoms with Crippen LogP contribution in [0.25, 0.3) is 0 Å². The minimum atomic E-state index is -0.140. The number of amides is 2. The summed E-state index contributed by atoms with van der Waals surface area (Å²) in [5, 5.41) is 0. The van der Waals surface area contributed by atoms with E-state index in [9.17, 15) is 4.79 Å². The summed E-state index contributed by atoms with van der Waals surface area (Å²) >= 11 is 0. The van der Waals surface area contributed by atoms with Gasteiger partial charge in [0.05, 0.1) is 11.4 Å². The molecule has 4 heteroatoms. The van der Waals surface area contributed by atoms with Crippen LogP contribution in [0, 0.1) is 13.8 Å². The van der Waals surface area contributed by atoms with Crippen molar-refractivity contribution < 1.29 is 4.79 Å². The number of hydrogen-bond donors (Lipinski definition) is 0. The molecule has 0 atom stereocenters. The number of carbonyl (C=O) groups excluding carboxylic acids is 1. The zero-order valence-corrected chi connectivity index (χ0v) is 13.4. The fraction of sp³-hybridized carbons (Fsp3) is 0.222. The first kappa shape index (κ1) is 15.8. The van der Waals surface area contributed by atoms with Crippen LogP contribution in [0.3, 0.4) is 0 Å². The molecule has 2 aromatic carbocycles. The summed E-state index contributed by atoms with van der Waals surface area (Å²) in [7, 11) is 3.45. The predicted octanol–water partition coefficient (Wildman–Crippen LogP) is 4.15. The Balaban J connectivity index is 2.32. The normalized spacial score (nSPS) is 10.7. The second kappa shape index (κ2) is 6.89. The topological polar surface area (TPSA) is 35.9 Å². The Labute approximate surface area is 131 Å². The molecule has 0 heterocycles. The second-order valence-corrected chi connectivity index (χ2v) is 5.40. The average Bonchev–Trinajstić information content (AvgIpc) is 2.51. The molecule has 0 aromatic heterocycles. The molecule has 22 heavy (non-hydrogen) atoms. The monoisotopic (exact) mass is 295 g/mol. The Kier molecular flexibility index (Phi) is 4.94. The maximum Gasteiger partial charge on any atom is 0.329 e. The predicted molar refractivity (Wildman–Crippen MR) is 92.1 cm³/mol. The van der Waals surface area contributed by atoms with E-state index in [1.165, 1.54) is 20.9 Å². The largest absolute Gasteiger partial charge is 0.330 e. The van der Waals surface area contributed by atoms with Crippen LogP contribution in [0.1, 0.15) is 11.1 Å². The first-order valence-electron chi connectivity index (χ1n) is 7.16. The number of nitrogens with zero attached hydrogens (tertiary/aromatic N) is 3. The molecular weight excluding hydrogens is 274 g/mol. The highest BCUT2D eigenvalue weighted by atomic mass is 16.2. The zero-order valence-electron chi connectivity index (χ0n) is 13.4. The van der Waals surface area contributed by atoms with Crippen LogP contribution in [0.5, 0.6) is 0 Å². The smallest absolute Gasteiger partial charge is 0.329 e. The molecule has 0 spiro atoms. The number of aliphatic imine (C=N–C) groups is 1. The van der Waals surface area contributed by atoms with E-state index < -0.39 is 0 Å². The molecular formula is C18H21N3O. The Morgan fingerprint density at radius 1 is 1.00 bits per heavy atom. The van der Waals surface area contributed by atoms with Gasteiger partial charge in [0.25, 0.3) is 0 Å². The van der Waals surface area contributed by atoms with Crippen molar-refractivity contribution in [1.82, 2.24) is 4.90 Å². The number of urea groups is 1. The lowest BCUT2D eigenvalue weighted by atomic mass is 10.1. The number of para-hydroxylation sites is 1. The van der Waals surface area contributed by atoms with Gasteiger partial charge in [0.15, 0.2) is 0 Å². The Hall–Kier alpha value is -2.62. The van der Waals surface area contributed by atoms with Crippen LogP contribution in [0.4, 0.5) is 16.2 Å². The van der Waals surface area contributed by atoms with Crippen LogP contribution in [0.2, 0.25) is 0 Å². The van der Waals surface area contributed by atoms with E-state index in [0.29, 0.717) is 0 Å². The molecule has 4 nitrogen and oxygen atoms in total. The number of carbonyl (C=O) groups is 1. The zero-order chi connectivity index (χ0) is 16.1. The van der Waals surface area contributed by atoms with Gasteiger partial charge in [0.1, 0.15) is 6.34 Å². The van der Waals surface area contributed by atoms with Gasteiger partial charge in [-0.1, -0.05) is 24.3 Å². The molecule has 0 aliphatic carbocycles. The summed E-state index contributed by atoms with van der Waals surface area (Å²) in [6, 6.07) is 15.3. The third kappa shape index (κ3) is 3.73. The number of hydrogen-bond acceptors (Lipinski definition) is 2. The van der Waals surface area contributed by atoms with Crippen molar-refractivity contribution in [3.05, 3.63) is 59.7 Å². The van der Waals surface area contributed by atoms with Gasteiger partial charge in [-0.2, -0.15) is 0 Å². The summed E-state index contributed by atoms with van der Waals surface area (Å²) in [5.74, 6) is 0. The number of anilines is 1. The summed E-state index contributed by atoms with van der Waals surface area (Å²) in [6.07, 6.45) is 1.57. The highest BCUT2D eigenvalue weighted by Crippen LogP contribution is 2.18. The molecule has 2 rings (SSSR count). The van der Waals surface area contributed by atoms with Crippen molar-refractivity contribution in [2.24, 2.45) is 4.99 Å². The van der Waals surface area contributed by atoms with E-state index in [4.69, 9.17) is 0 Å². The molecule has 0 aliphatic rings. The molecule has 0 saturated carbocycles. The molecule has 0 unspecified atom stereocenters. The minimum absolute atomic E-state index is 0.140. The summed E-state index contributed by atoms with van der Waals surface area (Å²) < 4.78 is 0. The van der Waals surface area contributed by atoms with E-state index in [-0.39, 0.29) is 6.03 Å². The molecule has 2 amide bonds. The standard InChI is InChI=1S/C18H21N3O/c1-14-10-11-16(12-15(14)2)19-13-21(18(22)20(3)4)17-8-6-5-7-9-17/h5-13H,1-4H3. The van der Waals surface area contributed by atoms with Gasteiger partial charge >= 0.3 is 6.03 Å². The van der Waals surface area contributed by atoms with Crippen LogP contribution in [0.15, 0.2) is 53.5 Å². The molecule has 0 N–H and O–H groups in total. The first-order chi connectivity index (χ1) is 10.5. The fourth-order valence-electron chi connectivity index (χ4n) is 1.96. The third-order valence-corrected chi connectivity index (χ3v) is 3.44. The molecule has 0 fully saturated rings. The Morgan fingerprint density at radius 3 is 2.27 bits per heavy atom. The van der Waals surface area contributed by atoms with E-state index in [1.54, 1.807) is 20.4 Å². The molecule has 0 saturated heterocycles. The lowest BCUT2D eigenvalue weighted by molar-refractivity contribution is 0.227. The Bertz CT molecular complexity index is 678. The van der Waals surface area contributed by atoms with Crippen molar-refractivity contribution in [1.29, 1.82) is 0 Å². The van der Waals surface area contributed by atoms with Crippen LogP contribution in [-0.4, -0.2) is 31.4 Å². The maximum absolute atomic E-state index is 12.3. The van der Waals surface area contributed by atoms with E-state index in [2.05, 4.69) is 11.9 Å². The number of benzene rings is 2.